The third-order valence-corrected chi connectivity index (χ3v) is 4.25. The minimum absolute atomic E-state index is 0.772. The standard InChI is InChI=1S/C16H20BrNO2/c1-12-3-2-9-18(10-8-12)15-6-5-14(17)11-13(15)4-7-16(19)20/h4-7,11-12H,2-3,8-10H2,1H3,(H,19,20)/b7-4+. The fourth-order valence-electron chi connectivity index (χ4n) is 2.61. The maximum absolute atomic E-state index is 10.7. The number of hydrogen-bond donors (Lipinski definition) is 1. The predicted molar refractivity (Wildman–Crippen MR) is 86.0 cm³/mol. The summed E-state index contributed by atoms with van der Waals surface area (Å²) in [5, 5.41) is 8.81. The molecule has 1 atom stereocenters. The minimum atomic E-state index is -0.916. The molecule has 0 saturated carbocycles. The van der Waals surface area contributed by atoms with Gasteiger partial charge in [0, 0.05) is 29.3 Å². The van der Waals surface area contributed by atoms with Gasteiger partial charge in [0.1, 0.15) is 0 Å². The third-order valence-electron chi connectivity index (χ3n) is 3.75. The average molecular weight is 338 g/mol. The van der Waals surface area contributed by atoms with Gasteiger partial charge in [-0.2, -0.15) is 0 Å². The molecule has 1 fully saturated rings. The Hall–Kier alpha value is -1.29. The van der Waals surface area contributed by atoms with Crippen LogP contribution in [0.25, 0.3) is 6.08 Å². The molecule has 1 N–H and O–H groups in total. The summed E-state index contributed by atoms with van der Waals surface area (Å²) in [7, 11) is 0. The number of benzene rings is 1. The van der Waals surface area contributed by atoms with Crippen LogP contribution in [0.2, 0.25) is 0 Å². The molecule has 1 heterocycles. The number of anilines is 1. The second kappa shape index (κ2) is 6.93. The summed E-state index contributed by atoms with van der Waals surface area (Å²) >= 11 is 3.45. The maximum Gasteiger partial charge on any atom is 0.328 e. The molecule has 1 saturated heterocycles. The highest BCUT2D eigenvalue weighted by atomic mass is 79.9. The van der Waals surface area contributed by atoms with Gasteiger partial charge in [-0.3, -0.25) is 0 Å². The van der Waals surface area contributed by atoms with E-state index in [1.54, 1.807) is 6.08 Å². The van der Waals surface area contributed by atoms with E-state index < -0.39 is 5.97 Å². The van der Waals surface area contributed by atoms with Crippen molar-refractivity contribution in [2.75, 3.05) is 18.0 Å². The molecule has 1 aliphatic rings. The van der Waals surface area contributed by atoms with Gasteiger partial charge in [0.25, 0.3) is 0 Å². The number of rotatable bonds is 3. The maximum atomic E-state index is 10.7. The average Bonchev–Trinajstić information content (AvgIpc) is 2.61. The molecule has 108 valence electrons. The topological polar surface area (TPSA) is 40.5 Å². The SMILES string of the molecule is CC1CCCN(c2ccc(Br)cc2/C=C/C(=O)O)CC1. The van der Waals surface area contributed by atoms with Gasteiger partial charge in [0.2, 0.25) is 0 Å². The van der Waals surface area contributed by atoms with Crippen molar-refractivity contribution in [2.24, 2.45) is 5.92 Å². The van der Waals surface area contributed by atoms with Crippen molar-refractivity contribution in [1.29, 1.82) is 0 Å². The van der Waals surface area contributed by atoms with E-state index in [1.807, 2.05) is 12.1 Å². The van der Waals surface area contributed by atoms with Crippen molar-refractivity contribution >= 4 is 33.7 Å². The van der Waals surface area contributed by atoms with E-state index >= 15 is 0 Å². The molecular formula is C16H20BrNO2. The van der Waals surface area contributed by atoms with Crippen molar-refractivity contribution < 1.29 is 9.90 Å². The number of hydrogen-bond acceptors (Lipinski definition) is 2. The number of aliphatic carboxylic acids is 1. The van der Waals surface area contributed by atoms with E-state index in [4.69, 9.17) is 5.11 Å². The van der Waals surface area contributed by atoms with Crippen LogP contribution in [0.5, 0.6) is 0 Å². The fourth-order valence-corrected chi connectivity index (χ4v) is 2.99. The summed E-state index contributed by atoms with van der Waals surface area (Å²) in [6.07, 6.45) is 6.53. The Balaban J connectivity index is 2.27. The Labute approximate surface area is 128 Å². The van der Waals surface area contributed by atoms with Crippen LogP contribution < -0.4 is 4.90 Å². The Kier molecular flexibility index (Phi) is 5.24. The van der Waals surface area contributed by atoms with Crippen molar-refractivity contribution in [3.05, 3.63) is 34.3 Å². The molecule has 4 heteroatoms. The number of halogens is 1. The lowest BCUT2D eigenvalue weighted by atomic mass is 10.0. The molecular weight excluding hydrogens is 318 g/mol. The molecule has 1 unspecified atom stereocenters. The molecule has 20 heavy (non-hydrogen) atoms. The van der Waals surface area contributed by atoms with E-state index in [1.165, 1.54) is 25.3 Å². The highest BCUT2D eigenvalue weighted by molar-refractivity contribution is 9.10. The number of nitrogens with zero attached hydrogens (tertiary/aromatic N) is 1. The normalized spacial score (nSPS) is 20.1. The second-order valence-electron chi connectivity index (χ2n) is 5.40. The van der Waals surface area contributed by atoms with E-state index in [-0.39, 0.29) is 0 Å². The van der Waals surface area contributed by atoms with Gasteiger partial charge in [-0.05, 0) is 55.0 Å². The fraction of sp³-hybridized carbons (Fsp3) is 0.438. The van der Waals surface area contributed by atoms with E-state index in [0.29, 0.717) is 0 Å². The van der Waals surface area contributed by atoms with Crippen LogP contribution in [0.1, 0.15) is 31.7 Å². The quantitative estimate of drug-likeness (QED) is 0.841. The Bertz CT molecular complexity index is 513. The Morgan fingerprint density at radius 1 is 1.40 bits per heavy atom. The summed E-state index contributed by atoms with van der Waals surface area (Å²) in [5.41, 5.74) is 2.08. The van der Waals surface area contributed by atoms with Gasteiger partial charge in [0.15, 0.2) is 0 Å². The molecule has 2 rings (SSSR count). The Morgan fingerprint density at radius 2 is 2.20 bits per heavy atom. The number of carboxylic acid groups (broad SMARTS) is 1. The van der Waals surface area contributed by atoms with Crippen LogP contribution in [0, 0.1) is 5.92 Å². The first-order valence-electron chi connectivity index (χ1n) is 7.02. The molecule has 0 amide bonds. The number of carbonyl (C=O) groups is 1. The van der Waals surface area contributed by atoms with Crippen LogP contribution in [0.4, 0.5) is 5.69 Å². The zero-order valence-electron chi connectivity index (χ0n) is 11.7. The first kappa shape index (κ1) is 15.1. The lowest BCUT2D eigenvalue weighted by Gasteiger charge is -2.25. The summed E-state index contributed by atoms with van der Waals surface area (Å²) < 4.78 is 0.967. The second-order valence-corrected chi connectivity index (χ2v) is 6.31. The van der Waals surface area contributed by atoms with Crippen molar-refractivity contribution in [3.63, 3.8) is 0 Å². The minimum Gasteiger partial charge on any atom is -0.478 e. The molecule has 0 bridgehead atoms. The van der Waals surface area contributed by atoms with Gasteiger partial charge in [-0.25, -0.2) is 4.79 Å². The third kappa shape index (κ3) is 4.10. The van der Waals surface area contributed by atoms with Crippen LogP contribution >= 0.6 is 15.9 Å². The van der Waals surface area contributed by atoms with E-state index in [0.717, 1.165) is 34.7 Å². The molecule has 3 nitrogen and oxygen atoms in total. The predicted octanol–water partition coefficient (Wildman–Crippen LogP) is 4.17. The molecule has 0 radical (unpaired) electrons. The molecule has 1 aromatic carbocycles. The summed E-state index contributed by atoms with van der Waals surface area (Å²) in [6, 6.07) is 6.06. The highest BCUT2D eigenvalue weighted by Crippen LogP contribution is 2.29. The zero-order valence-corrected chi connectivity index (χ0v) is 13.3. The summed E-state index contributed by atoms with van der Waals surface area (Å²) in [4.78, 5) is 13.1. The van der Waals surface area contributed by atoms with Crippen LogP contribution in [-0.2, 0) is 4.79 Å². The largest absolute Gasteiger partial charge is 0.478 e. The monoisotopic (exact) mass is 337 g/mol. The first-order chi connectivity index (χ1) is 9.56. The van der Waals surface area contributed by atoms with Crippen molar-refractivity contribution in [2.45, 2.75) is 26.2 Å². The zero-order chi connectivity index (χ0) is 14.5. The lowest BCUT2D eigenvalue weighted by molar-refractivity contribution is -0.131. The Morgan fingerprint density at radius 3 is 2.95 bits per heavy atom. The van der Waals surface area contributed by atoms with Gasteiger partial charge in [0.05, 0.1) is 0 Å². The van der Waals surface area contributed by atoms with Crippen molar-refractivity contribution in [3.8, 4) is 0 Å². The summed E-state index contributed by atoms with van der Waals surface area (Å²) in [6.45, 7) is 4.38. The first-order valence-corrected chi connectivity index (χ1v) is 7.81. The van der Waals surface area contributed by atoms with E-state index in [9.17, 15) is 4.79 Å². The molecule has 0 spiro atoms. The molecule has 1 aliphatic heterocycles. The van der Waals surface area contributed by atoms with Crippen LogP contribution in [-0.4, -0.2) is 24.2 Å². The van der Waals surface area contributed by atoms with Crippen LogP contribution in [0.3, 0.4) is 0 Å². The van der Waals surface area contributed by atoms with Gasteiger partial charge in [-0.1, -0.05) is 22.9 Å². The van der Waals surface area contributed by atoms with Crippen molar-refractivity contribution in [1.82, 2.24) is 0 Å². The van der Waals surface area contributed by atoms with E-state index in [2.05, 4.69) is 33.8 Å². The van der Waals surface area contributed by atoms with Gasteiger partial charge >= 0.3 is 5.97 Å². The molecule has 0 aromatic heterocycles. The lowest BCUT2D eigenvalue weighted by Crippen LogP contribution is -2.24. The van der Waals surface area contributed by atoms with Gasteiger partial charge in [-0.15, -0.1) is 0 Å². The molecule has 1 aromatic rings. The van der Waals surface area contributed by atoms with Crippen LogP contribution in [0.15, 0.2) is 28.7 Å². The summed E-state index contributed by atoms with van der Waals surface area (Å²) in [5.74, 6) is -0.145. The van der Waals surface area contributed by atoms with Gasteiger partial charge < -0.3 is 10.0 Å². The smallest absolute Gasteiger partial charge is 0.328 e. The highest BCUT2D eigenvalue weighted by Gasteiger charge is 2.16. The number of carboxylic acids is 1. The molecule has 0 aliphatic carbocycles.